The summed E-state index contributed by atoms with van der Waals surface area (Å²) in [4.78, 5) is 12.7. The third kappa shape index (κ3) is 8.71. The Morgan fingerprint density at radius 1 is 1.24 bits per heavy atom. The number of aromatic nitrogens is 2. The van der Waals surface area contributed by atoms with Crippen molar-refractivity contribution in [3.63, 3.8) is 0 Å². The van der Waals surface area contributed by atoms with Crippen molar-refractivity contribution >= 4 is 28.1 Å². The molecule has 200 valence electrons. The number of nitrogens with one attached hydrogen (secondary N) is 1. The van der Waals surface area contributed by atoms with E-state index in [1.54, 1.807) is 35.1 Å². The number of hydrogen-bond donors (Lipinski definition) is 1. The Labute approximate surface area is 230 Å². The number of halogens is 5. The number of alkyl halides is 5. The molecule has 0 fully saturated rings. The molecular weight excluding hydrogens is 672 g/mol. The van der Waals surface area contributed by atoms with E-state index in [2.05, 4.69) is 31.6 Å². The van der Waals surface area contributed by atoms with Crippen molar-refractivity contribution < 1.29 is 53.4 Å². The second-order valence-corrected chi connectivity index (χ2v) is 11.0. The number of nitrogens with zero attached hydrogens (tertiary/aromatic N) is 3. The predicted molar refractivity (Wildman–Crippen MR) is 131 cm³/mol. The fraction of sp³-hybridized carbons (Fsp3) is 0.292. The molecule has 1 amide bonds. The van der Waals surface area contributed by atoms with Crippen molar-refractivity contribution in [2.24, 2.45) is 5.10 Å². The van der Waals surface area contributed by atoms with Gasteiger partial charge in [0.25, 0.3) is 0 Å². The van der Waals surface area contributed by atoms with Gasteiger partial charge in [-0.15, -0.1) is 0 Å². The molecule has 2 aromatic carbocycles. The van der Waals surface area contributed by atoms with Gasteiger partial charge in [0.05, 0.1) is 5.69 Å². The van der Waals surface area contributed by atoms with Crippen LogP contribution in [0.25, 0.3) is 5.69 Å². The van der Waals surface area contributed by atoms with Crippen molar-refractivity contribution in [1.82, 2.24) is 15.2 Å². The summed E-state index contributed by atoms with van der Waals surface area (Å²) < 4.78 is 55.9. The molecular formula is C24H24BrF3IN4O4-. The standard InChI is InChI=1S/C24H24BrF3IN4O4/c1-35-19-12-16(13-20(21(19)25)37-15-29-9-8-24(26,27)28)14-30-32-23(34)22(36-2)17-4-6-18(7-5-17)33-11-3-10-31-33/h3-7,10-14,22H,8-9,15H2,1-2H3,(H,32,34)/q-1/b30-14+. The molecule has 0 saturated heterocycles. The zero-order chi connectivity index (χ0) is 26.8. The average molecular weight is 696 g/mol. The maximum absolute atomic E-state index is 12.7. The molecule has 8 nitrogen and oxygen atoms in total. The van der Waals surface area contributed by atoms with Gasteiger partial charge in [-0.05, 0) is 18.2 Å². The Morgan fingerprint density at radius 3 is 2.59 bits per heavy atom. The van der Waals surface area contributed by atoms with E-state index in [9.17, 15) is 18.0 Å². The molecule has 1 N–H and O–H groups in total. The summed E-state index contributed by atoms with van der Waals surface area (Å²) in [6.45, 7) is 0. The topological polar surface area (TPSA) is 87.0 Å². The quantitative estimate of drug-likeness (QED) is 0.103. The molecule has 1 aromatic heterocycles. The van der Waals surface area contributed by atoms with E-state index in [4.69, 9.17) is 14.2 Å². The third-order valence-electron chi connectivity index (χ3n) is 4.87. The van der Waals surface area contributed by atoms with E-state index >= 15 is 0 Å². The molecule has 1 atom stereocenters. The van der Waals surface area contributed by atoms with Crippen molar-refractivity contribution in [1.29, 1.82) is 0 Å². The van der Waals surface area contributed by atoms with Crippen molar-refractivity contribution in [3.8, 4) is 17.2 Å². The molecule has 0 aliphatic heterocycles. The number of amides is 1. The van der Waals surface area contributed by atoms with Crippen LogP contribution >= 0.6 is 15.9 Å². The minimum absolute atomic E-state index is 0.0803. The monoisotopic (exact) mass is 695 g/mol. The summed E-state index contributed by atoms with van der Waals surface area (Å²) in [6, 6.07) is 12.3. The van der Waals surface area contributed by atoms with Crippen molar-refractivity contribution in [3.05, 3.63) is 70.5 Å². The van der Waals surface area contributed by atoms with Gasteiger partial charge in [0.1, 0.15) is 0 Å². The molecule has 37 heavy (non-hydrogen) atoms. The second kappa shape index (κ2) is 13.8. The van der Waals surface area contributed by atoms with E-state index in [-0.39, 0.29) is 9.04 Å². The summed E-state index contributed by atoms with van der Waals surface area (Å²) in [5.41, 5.74) is 4.50. The number of carbonyl (C=O) groups is 1. The molecule has 1 heterocycles. The van der Waals surface area contributed by atoms with Crippen LogP contribution in [0, 0.1) is 0 Å². The van der Waals surface area contributed by atoms with Gasteiger partial charge >= 0.3 is 185 Å². The van der Waals surface area contributed by atoms with Crippen LogP contribution in [0.2, 0.25) is 0 Å². The van der Waals surface area contributed by atoms with Crippen molar-refractivity contribution in [2.75, 3.05) is 23.3 Å². The van der Waals surface area contributed by atoms with Gasteiger partial charge in [-0.3, -0.25) is 0 Å². The fourth-order valence-corrected chi connectivity index (χ4v) is 5.46. The summed E-state index contributed by atoms with van der Waals surface area (Å²) in [7, 11) is 2.90. The van der Waals surface area contributed by atoms with Gasteiger partial charge in [-0.25, -0.2) is 4.68 Å². The summed E-state index contributed by atoms with van der Waals surface area (Å²) in [6.07, 6.45) is -0.956. The van der Waals surface area contributed by atoms with Gasteiger partial charge in [0, 0.05) is 12.4 Å². The molecule has 13 heteroatoms. The van der Waals surface area contributed by atoms with E-state index in [1.165, 1.54) is 20.4 Å². The summed E-state index contributed by atoms with van der Waals surface area (Å²) in [5, 5.41) is 8.18. The first-order chi connectivity index (χ1) is 17.7. The van der Waals surface area contributed by atoms with Crippen LogP contribution in [0.1, 0.15) is 23.7 Å². The van der Waals surface area contributed by atoms with E-state index in [0.717, 1.165) is 5.69 Å². The third-order valence-corrected chi connectivity index (χ3v) is 7.71. The maximum atomic E-state index is 12.7. The molecule has 0 aliphatic rings. The Balaban J connectivity index is 1.62. The molecule has 0 bridgehead atoms. The zero-order valence-corrected chi connectivity index (χ0v) is 23.6. The van der Waals surface area contributed by atoms with Crippen LogP contribution in [0.4, 0.5) is 13.2 Å². The number of rotatable bonds is 12. The van der Waals surface area contributed by atoms with E-state index in [1.807, 2.05) is 24.4 Å². The Hall–Kier alpha value is -2.65. The molecule has 1 unspecified atom stereocenters. The van der Waals surface area contributed by atoms with Crippen LogP contribution in [0.15, 0.2) is 64.4 Å². The summed E-state index contributed by atoms with van der Waals surface area (Å²) in [5.74, 6) is 0.386. The first-order valence-corrected chi connectivity index (χ1v) is 14.6. The number of benzene rings is 2. The first-order valence-electron chi connectivity index (χ1n) is 10.8. The van der Waals surface area contributed by atoms with Crippen LogP contribution in [0.3, 0.4) is 0 Å². The Bertz CT molecular complexity index is 1190. The van der Waals surface area contributed by atoms with Crippen LogP contribution in [-0.2, 0) is 9.53 Å². The number of ether oxygens (including phenoxy) is 3. The van der Waals surface area contributed by atoms with Crippen LogP contribution in [-0.4, -0.2) is 51.3 Å². The summed E-state index contributed by atoms with van der Waals surface area (Å²) >= 11 is 2.60. The second-order valence-electron chi connectivity index (χ2n) is 7.42. The Morgan fingerprint density at radius 2 is 1.97 bits per heavy atom. The fourth-order valence-electron chi connectivity index (χ4n) is 3.09. The van der Waals surface area contributed by atoms with Gasteiger partial charge in [0.2, 0.25) is 0 Å². The molecule has 0 aliphatic carbocycles. The van der Waals surface area contributed by atoms with E-state index in [0.29, 0.717) is 27.1 Å². The minimum atomic E-state index is -4.16. The normalized spacial score (nSPS) is 12.6. The Kier molecular flexibility index (Phi) is 10.8. The zero-order valence-electron chi connectivity index (χ0n) is 19.8. The number of hydrogen-bond acceptors (Lipinski definition) is 6. The van der Waals surface area contributed by atoms with Crippen LogP contribution in [0.5, 0.6) is 11.5 Å². The van der Waals surface area contributed by atoms with Crippen molar-refractivity contribution in [2.45, 2.75) is 18.7 Å². The SMILES string of the molecule is COc1cc(/C=N/NC(=O)C(OC)c2ccc(-n3cccn3)cc2)cc(OC[I-]CCC(F)(F)F)c1Br. The van der Waals surface area contributed by atoms with Gasteiger partial charge in [-0.2, -0.15) is 5.10 Å². The average Bonchev–Trinajstić information content (AvgIpc) is 3.40. The molecule has 3 rings (SSSR count). The predicted octanol–water partition coefficient (Wildman–Crippen LogP) is 1.86. The van der Waals surface area contributed by atoms with Gasteiger partial charge in [-0.1, -0.05) is 0 Å². The number of carbonyl (C=O) groups excluding carboxylic acids is 1. The molecule has 0 saturated carbocycles. The van der Waals surface area contributed by atoms with Gasteiger partial charge < -0.3 is 0 Å². The van der Waals surface area contributed by atoms with Crippen LogP contribution < -0.4 is 36.1 Å². The number of methoxy groups -OCH3 is 2. The van der Waals surface area contributed by atoms with Gasteiger partial charge in [0.15, 0.2) is 0 Å². The first kappa shape index (κ1) is 28.9. The number of hydrazone groups is 1. The van der Waals surface area contributed by atoms with E-state index < -0.39 is 45.8 Å². The molecule has 0 spiro atoms. The molecule has 3 aromatic rings. The molecule has 0 radical (unpaired) electrons.